The number of carboxylic acid groups (broad SMARTS) is 1. The number of hydrogen-bond donors (Lipinski definition) is 3. The van der Waals surface area contributed by atoms with Crippen LogP contribution < -0.4 is 10.6 Å². The van der Waals surface area contributed by atoms with E-state index >= 15 is 0 Å². The number of benzene rings is 1. The van der Waals surface area contributed by atoms with Gasteiger partial charge in [0.1, 0.15) is 5.76 Å². The molecule has 0 saturated carbocycles. The molecule has 2 atom stereocenters. The Balaban J connectivity index is 2.03. The molecule has 0 aliphatic carbocycles. The Morgan fingerprint density at radius 1 is 1.19 bits per heavy atom. The number of amides is 2. The van der Waals surface area contributed by atoms with Crippen molar-refractivity contribution in [2.24, 2.45) is 0 Å². The second-order valence-corrected chi connectivity index (χ2v) is 6.64. The van der Waals surface area contributed by atoms with Crippen molar-refractivity contribution in [1.29, 1.82) is 0 Å². The molecule has 1 aromatic heterocycles. The molecule has 1 aromatic carbocycles. The lowest BCUT2D eigenvalue weighted by atomic mass is 10.0. The van der Waals surface area contributed by atoms with E-state index in [2.05, 4.69) is 15.8 Å². The van der Waals surface area contributed by atoms with Crippen LogP contribution in [0.5, 0.6) is 0 Å². The van der Waals surface area contributed by atoms with E-state index in [0.717, 1.165) is 16.8 Å². The van der Waals surface area contributed by atoms with E-state index in [9.17, 15) is 9.59 Å². The highest BCUT2D eigenvalue weighted by Gasteiger charge is 2.22. The molecule has 0 fully saturated rings. The smallest absolute Gasteiger partial charge is 0.315 e. The lowest BCUT2D eigenvalue weighted by Gasteiger charge is -2.22. The van der Waals surface area contributed by atoms with Gasteiger partial charge in [-0.25, -0.2) is 4.79 Å². The molecule has 2 unspecified atom stereocenters. The van der Waals surface area contributed by atoms with Gasteiger partial charge in [-0.3, -0.25) is 4.79 Å². The zero-order valence-corrected chi connectivity index (χ0v) is 16.0. The van der Waals surface area contributed by atoms with E-state index < -0.39 is 5.97 Å². The van der Waals surface area contributed by atoms with Crippen molar-refractivity contribution >= 4 is 12.0 Å². The molecule has 7 nitrogen and oxygen atoms in total. The van der Waals surface area contributed by atoms with Crippen molar-refractivity contribution in [3.8, 4) is 0 Å². The molecule has 146 valence electrons. The Hall–Kier alpha value is -2.83. The van der Waals surface area contributed by atoms with Crippen LogP contribution in [-0.2, 0) is 11.2 Å². The maximum Gasteiger partial charge on any atom is 0.315 e. The molecule has 27 heavy (non-hydrogen) atoms. The van der Waals surface area contributed by atoms with Crippen LogP contribution in [0.1, 0.15) is 54.8 Å². The summed E-state index contributed by atoms with van der Waals surface area (Å²) in [6, 6.07) is 8.89. The van der Waals surface area contributed by atoms with Crippen molar-refractivity contribution in [3.05, 3.63) is 52.9 Å². The predicted molar refractivity (Wildman–Crippen MR) is 101 cm³/mol. The molecule has 2 aromatic rings. The largest absolute Gasteiger partial charge is 0.481 e. The number of carbonyl (C=O) groups excluding carboxylic acids is 1. The van der Waals surface area contributed by atoms with E-state index in [4.69, 9.17) is 9.63 Å². The summed E-state index contributed by atoms with van der Waals surface area (Å²) in [6.45, 7) is 5.64. The molecule has 0 spiro atoms. The van der Waals surface area contributed by atoms with Gasteiger partial charge in [-0.2, -0.15) is 0 Å². The third-order valence-electron chi connectivity index (χ3n) is 4.52. The number of nitrogens with one attached hydrogen (secondary N) is 2. The molecule has 3 N–H and O–H groups in total. The first-order valence-electron chi connectivity index (χ1n) is 9.16. The normalized spacial score (nSPS) is 13.0. The van der Waals surface area contributed by atoms with Gasteiger partial charge in [-0.15, -0.1) is 0 Å². The maximum atomic E-state index is 12.6. The van der Waals surface area contributed by atoms with Crippen LogP contribution in [0.25, 0.3) is 0 Å². The number of aryl methyl sites for hydroxylation is 2. The van der Waals surface area contributed by atoms with Gasteiger partial charge in [0.05, 0.1) is 11.7 Å². The lowest BCUT2D eigenvalue weighted by Crippen LogP contribution is -2.44. The van der Waals surface area contributed by atoms with Crippen molar-refractivity contribution in [1.82, 2.24) is 15.8 Å². The number of hydrogen-bond acceptors (Lipinski definition) is 4. The summed E-state index contributed by atoms with van der Waals surface area (Å²) in [7, 11) is 0. The topological polar surface area (TPSA) is 104 Å². The molecule has 0 bridgehead atoms. The summed E-state index contributed by atoms with van der Waals surface area (Å²) in [6.07, 6.45) is 1.62. The molecule has 1 heterocycles. The van der Waals surface area contributed by atoms with E-state index in [1.165, 1.54) is 0 Å². The van der Waals surface area contributed by atoms with Crippen LogP contribution in [0, 0.1) is 13.8 Å². The number of urea groups is 1. The monoisotopic (exact) mass is 373 g/mol. The number of aromatic nitrogens is 1. The Morgan fingerprint density at radius 2 is 1.89 bits per heavy atom. The average molecular weight is 373 g/mol. The van der Waals surface area contributed by atoms with Crippen molar-refractivity contribution < 1.29 is 19.2 Å². The Labute approximate surface area is 159 Å². The highest BCUT2D eigenvalue weighted by Crippen LogP contribution is 2.23. The number of carboxylic acids is 1. The molecule has 2 amide bonds. The van der Waals surface area contributed by atoms with Crippen LogP contribution >= 0.6 is 0 Å². The molecular formula is C20H27N3O4. The van der Waals surface area contributed by atoms with Gasteiger partial charge in [-0.05, 0) is 38.7 Å². The summed E-state index contributed by atoms with van der Waals surface area (Å²) in [5, 5.41) is 18.8. The van der Waals surface area contributed by atoms with Crippen LogP contribution in [0.4, 0.5) is 4.79 Å². The molecule has 0 radical (unpaired) electrons. The summed E-state index contributed by atoms with van der Waals surface area (Å²) in [5.41, 5.74) is 2.69. The van der Waals surface area contributed by atoms with Gasteiger partial charge in [0.15, 0.2) is 0 Å². The minimum atomic E-state index is -0.877. The Morgan fingerprint density at radius 3 is 2.44 bits per heavy atom. The SMILES string of the molecule is CCC(NC(=O)NC(CCC(=O)O)Cc1ccccc1)c1c(C)noc1C. The number of carbonyl (C=O) groups is 2. The minimum absolute atomic E-state index is 0.00114. The van der Waals surface area contributed by atoms with Crippen molar-refractivity contribution in [3.63, 3.8) is 0 Å². The summed E-state index contributed by atoms with van der Waals surface area (Å²) >= 11 is 0. The van der Waals surface area contributed by atoms with Crippen LogP contribution in [0.2, 0.25) is 0 Å². The zero-order valence-electron chi connectivity index (χ0n) is 16.0. The van der Waals surface area contributed by atoms with Gasteiger partial charge in [0, 0.05) is 18.0 Å². The van der Waals surface area contributed by atoms with E-state index in [1.807, 2.05) is 51.1 Å². The predicted octanol–water partition coefficient (Wildman–Crippen LogP) is 3.52. The van der Waals surface area contributed by atoms with Crippen LogP contribution in [0.3, 0.4) is 0 Å². The van der Waals surface area contributed by atoms with E-state index in [0.29, 0.717) is 25.0 Å². The van der Waals surface area contributed by atoms with Crippen molar-refractivity contribution in [2.75, 3.05) is 0 Å². The third-order valence-corrected chi connectivity index (χ3v) is 4.52. The fraction of sp³-hybridized carbons (Fsp3) is 0.450. The molecule has 0 saturated heterocycles. The number of aliphatic carboxylic acids is 1. The molecule has 0 aliphatic rings. The van der Waals surface area contributed by atoms with Gasteiger partial charge in [0.25, 0.3) is 0 Å². The molecular weight excluding hydrogens is 346 g/mol. The zero-order chi connectivity index (χ0) is 19.8. The lowest BCUT2D eigenvalue weighted by molar-refractivity contribution is -0.137. The van der Waals surface area contributed by atoms with Gasteiger partial charge >= 0.3 is 12.0 Å². The summed E-state index contributed by atoms with van der Waals surface area (Å²) in [5.74, 6) is -0.191. The first-order chi connectivity index (χ1) is 12.9. The second kappa shape index (κ2) is 9.75. The number of nitrogens with zero attached hydrogens (tertiary/aromatic N) is 1. The van der Waals surface area contributed by atoms with Gasteiger partial charge < -0.3 is 20.3 Å². The first-order valence-corrected chi connectivity index (χ1v) is 9.16. The third kappa shape index (κ3) is 6.13. The Kier molecular flexibility index (Phi) is 7.40. The van der Waals surface area contributed by atoms with Crippen molar-refractivity contribution in [2.45, 2.75) is 58.5 Å². The standard InChI is InChI=1S/C20H27N3O4/c1-4-17(19-13(2)23-27-14(19)3)22-20(26)21-16(10-11-18(24)25)12-15-8-6-5-7-9-15/h5-9,16-17H,4,10-12H2,1-3H3,(H,24,25)(H2,21,22,26). The molecule has 0 aliphatic heterocycles. The number of rotatable bonds is 9. The summed E-state index contributed by atoms with van der Waals surface area (Å²) in [4.78, 5) is 23.5. The van der Waals surface area contributed by atoms with Gasteiger partial charge in [-0.1, -0.05) is 42.4 Å². The Bertz CT molecular complexity index is 738. The highest BCUT2D eigenvalue weighted by molar-refractivity contribution is 5.75. The highest BCUT2D eigenvalue weighted by atomic mass is 16.5. The first kappa shape index (κ1) is 20.5. The quantitative estimate of drug-likeness (QED) is 0.624. The average Bonchev–Trinajstić information content (AvgIpc) is 2.97. The molecule has 2 rings (SSSR count). The fourth-order valence-corrected chi connectivity index (χ4v) is 3.17. The van der Waals surface area contributed by atoms with Gasteiger partial charge in [0.2, 0.25) is 0 Å². The van der Waals surface area contributed by atoms with Crippen LogP contribution in [-0.4, -0.2) is 28.3 Å². The maximum absolute atomic E-state index is 12.6. The fourth-order valence-electron chi connectivity index (χ4n) is 3.17. The molecule has 7 heteroatoms. The van der Waals surface area contributed by atoms with E-state index in [-0.39, 0.29) is 24.5 Å². The van der Waals surface area contributed by atoms with E-state index in [1.54, 1.807) is 0 Å². The minimum Gasteiger partial charge on any atom is -0.481 e. The second-order valence-electron chi connectivity index (χ2n) is 6.64. The summed E-state index contributed by atoms with van der Waals surface area (Å²) < 4.78 is 5.20. The van der Waals surface area contributed by atoms with Crippen LogP contribution in [0.15, 0.2) is 34.9 Å².